The molecule has 6 nitrogen and oxygen atoms in total. The number of carboxylic acid groups (broad SMARTS) is 1. The maximum absolute atomic E-state index is 11.6. The molecule has 142 valence electrons. The zero-order valence-electron chi connectivity index (χ0n) is 15.6. The van der Waals surface area contributed by atoms with Crippen LogP contribution < -0.4 is 0 Å². The summed E-state index contributed by atoms with van der Waals surface area (Å²) in [5.74, 6) is -1.11. The van der Waals surface area contributed by atoms with Crippen LogP contribution in [-0.2, 0) is 14.3 Å². The Morgan fingerprint density at radius 3 is 2.17 bits per heavy atom. The molecular weight excluding hydrogens is 310 g/mol. The van der Waals surface area contributed by atoms with Gasteiger partial charge in [-0.2, -0.15) is 0 Å². The number of hydrogen-bond donors (Lipinski definition) is 1. The molecule has 0 aromatic rings. The summed E-state index contributed by atoms with van der Waals surface area (Å²) in [6, 6.07) is 0. The van der Waals surface area contributed by atoms with Crippen molar-refractivity contribution in [1.82, 2.24) is 4.90 Å². The SMILES string of the molecule is CCCCCCCCC(OC(=O)OCCCN(CC)CC)C(=O)O. The quantitative estimate of drug-likeness (QED) is 0.356. The maximum atomic E-state index is 11.6. The van der Waals surface area contributed by atoms with Crippen LogP contribution in [-0.4, -0.2) is 54.5 Å². The molecule has 24 heavy (non-hydrogen) atoms. The van der Waals surface area contributed by atoms with Crippen LogP contribution >= 0.6 is 0 Å². The summed E-state index contributed by atoms with van der Waals surface area (Å²) in [5, 5.41) is 9.13. The lowest BCUT2D eigenvalue weighted by Crippen LogP contribution is -2.28. The van der Waals surface area contributed by atoms with E-state index in [4.69, 9.17) is 14.6 Å². The van der Waals surface area contributed by atoms with Crippen LogP contribution in [0.15, 0.2) is 0 Å². The van der Waals surface area contributed by atoms with E-state index in [0.29, 0.717) is 12.8 Å². The molecule has 0 aliphatic rings. The minimum Gasteiger partial charge on any atom is -0.479 e. The molecule has 0 saturated heterocycles. The van der Waals surface area contributed by atoms with Gasteiger partial charge in [0.1, 0.15) is 0 Å². The van der Waals surface area contributed by atoms with Gasteiger partial charge < -0.3 is 19.5 Å². The number of aliphatic carboxylic acids is 1. The molecule has 1 atom stereocenters. The molecule has 0 bridgehead atoms. The Balaban J connectivity index is 3.88. The molecule has 0 heterocycles. The largest absolute Gasteiger partial charge is 0.509 e. The number of ether oxygens (including phenoxy) is 2. The van der Waals surface area contributed by atoms with Crippen molar-refractivity contribution in [2.24, 2.45) is 0 Å². The van der Waals surface area contributed by atoms with Crippen molar-refractivity contribution in [2.75, 3.05) is 26.2 Å². The fourth-order valence-corrected chi connectivity index (χ4v) is 2.48. The van der Waals surface area contributed by atoms with Crippen LogP contribution in [0.25, 0.3) is 0 Å². The maximum Gasteiger partial charge on any atom is 0.509 e. The Morgan fingerprint density at radius 1 is 0.958 bits per heavy atom. The van der Waals surface area contributed by atoms with Crippen LogP contribution in [0.4, 0.5) is 4.79 Å². The monoisotopic (exact) mass is 345 g/mol. The highest BCUT2D eigenvalue weighted by molar-refractivity contribution is 5.75. The summed E-state index contributed by atoms with van der Waals surface area (Å²) in [6.45, 7) is 9.33. The van der Waals surface area contributed by atoms with E-state index in [2.05, 4.69) is 25.7 Å². The Labute approximate surface area is 146 Å². The molecule has 1 N–H and O–H groups in total. The van der Waals surface area contributed by atoms with Gasteiger partial charge in [0, 0.05) is 6.54 Å². The minimum atomic E-state index is -1.11. The van der Waals surface area contributed by atoms with Gasteiger partial charge in [0.2, 0.25) is 6.10 Å². The molecule has 0 spiro atoms. The summed E-state index contributed by atoms with van der Waals surface area (Å²) in [5.41, 5.74) is 0. The number of carboxylic acids is 1. The first-order valence-electron chi connectivity index (χ1n) is 9.33. The number of hydrogen-bond acceptors (Lipinski definition) is 5. The van der Waals surface area contributed by atoms with E-state index in [1.165, 1.54) is 19.3 Å². The highest BCUT2D eigenvalue weighted by Gasteiger charge is 2.22. The molecule has 0 aliphatic carbocycles. The van der Waals surface area contributed by atoms with E-state index in [-0.39, 0.29) is 6.61 Å². The lowest BCUT2D eigenvalue weighted by atomic mass is 10.1. The second kappa shape index (κ2) is 15.2. The third-order valence-corrected chi connectivity index (χ3v) is 4.07. The first-order chi connectivity index (χ1) is 11.5. The molecule has 1 unspecified atom stereocenters. The van der Waals surface area contributed by atoms with Gasteiger partial charge in [0.05, 0.1) is 6.61 Å². The second-order valence-electron chi connectivity index (χ2n) is 5.98. The van der Waals surface area contributed by atoms with Gasteiger partial charge in [-0.25, -0.2) is 9.59 Å². The van der Waals surface area contributed by atoms with Crippen LogP contribution in [0.1, 0.15) is 72.1 Å². The highest BCUT2D eigenvalue weighted by atomic mass is 16.7. The van der Waals surface area contributed by atoms with Gasteiger partial charge in [0.25, 0.3) is 0 Å². The average molecular weight is 345 g/mol. The molecule has 0 radical (unpaired) electrons. The predicted molar refractivity (Wildman–Crippen MR) is 94.3 cm³/mol. The van der Waals surface area contributed by atoms with E-state index < -0.39 is 18.2 Å². The Kier molecular flexibility index (Phi) is 14.4. The topological polar surface area (TPSA) is 76.1 Å². The van der Waals surface area contributed by atoms with E-state index in [1.54, 1.807) is 0 Å². The molecule has 0 aromatic heterocycles. The highest BCUT2D eigenvalue weighted by Crippen LogP contribution is 2.11. The van der Waals surface area contributed by atoms with Crippen molar-refractivity contribution in [3.8, 4) is 0 Å². The zero-order valence-corrected chi connectivity index (χ0v) is 15.6. The molecule has 0 rings (SSSR count). The number of carbonyl (C=O) groups excluding carboxylic acids is 1. The van der Waals surface area contributed by atoms with Crippen molar-refractivity contribution in [2.45, 2.75) is 78.2 Å². The Bertz CT molecular complexity index is 331. The fourth-order valence-electron chi connectivity index (χ4n) is 2.48. The zero-order chi connectivity index (χ0) is 18.2. The number of nitrogens with zero attached hydrogens (tertiary/aromatic N) is 1. The molecule has 0 fully saturated rings. The summed E-state index contributed by atoms with van der Waals surface area (Å²) in [7, 11) is 0. The summed E-state index contributed by atoms with van der Waals surface area (Å²) >= 11 is 0. The molecule has 6 heteroatoms. The molecule has 0 amide bonds. The number of carbonyl (C=O) groups is 2. The number of rotatable bonds is 15. The lowest BCUT2D eigenvalue weighted by Gasteiger charge is -2.18. The Hall–Kier alpha value is -1.30. The van der Waals surface area contributed by atoms with E-state index in [1.807, 2.05) is 0 Å². The molecule has 0 aliphatic heterocycles. The smallest absolute Gasteiger partial charge is 0.479 e. The molecule has 0 saturated carbocycles. The van der Waals surface area contributed by atoms with Crippen molar-refractivity contribution in [3.63, 3.8) is 0 Å². The average Bonchev–Trinajstić information content (AvgIpc) is 2.56. The third kappa shape index (κ3) is 12.2. The van der Waals surface area contributed by atoms with Crippen molar-refractivity contribution >= 4 is 12.1 Å². The number of unbranched alkanes of at least 4 members (excludes halogenated alkanes) is 5. The van der Waals surface area contributed by atoms with Crippen molar-refractivity contribution < 1.29 is 24.2 Å². The predicted octanol–water partition coefficient (Wildman–Crippen LogP) is 4.08. The van der Waals surface area contributed by atoms with Crippen LogP contribution in [0, 0.1) is 0 Å². The van der Waals surface area contributed by atoms with Gasteiger partial charge in [-0.05, 0) is 32.4 Å². The third-order valence-electron chi connectivity index (χ3n) is 4.07. The lowest BCUT2D eigenvalue weighted by molar-refractivity contribution is -0.148. The fraction of sp³-hybridized carbons (Fsp3) is 0.889. The summed E-state index contributed by atoms with van der Waals surface area (Å²) < 4.78 is 9.90. The van der Waals surface area contributed by atoms with Gasteiger partial charge >= 0.3 is 12.1 Å². The van der Waals surface area contributed by atoms with Crippen LogP contribution in [0.2, 0.25) is 0 Å². The van der Waals surface area contributed by atoms with Gasteiger partial charge in [0.15, 0.2) is 0 Å². The van der Waals surface area contributed by atoms with Crippen LogP contribution in [0.3, 0.4) is 0 Å². The first-order valence-corrected chi connectivity index (χ1v) is 9.33. The molecule has 0 aromatic carbocycles. The summed E-state index contributed by atoms with van der Waals surface area (Å²) in [4.78, 5) is 25.0. The normalized spacial score (nSPS) is 12.2. The van der Waals surface area contributed by atoms with E-state index in [9.17, 15) is 9.59 Å². The Morgan fingerprint density at radius 2 is 1.58 bits per heavy atom. The van der Waals surface area contributed by atoms with Gasteiger partial charge in [-0.1, -0.05) is 52.9 Å². The second-order valence-corrected chi connectivity index (χ2v) is 5.98. The van der Waals surface area contributed by atoms with Gasteiger partial charge in [-0.3, -0.25) is 0 Å². The minimum absolute atomic E-state index is 0.249. The van der Waals surface area contributed by atoms with E-state index in [0.717, 1.165) is 38.9 Å². The van der Waals surface area contributed by atoms with Gasteiger partial charge in [-0.15, -0.1) is 0 Å². The molecular formula is C18H35NO5. The van der Waals surface area contributed by atoms with Crippen molar-refractivity contribution in [3.05, 3.63) is 0 Å². The first kappa shape index (κ1) is 22.7. The summed E-state index contributed by atoms with van der Waals surface area (Å²) in [6.07, 6.45) is 5.43. The standard InChI is InChI=1S/C18H35NO5/c1-4-7-8-9-10-11-13-16(17(20)21)24-18(22)23-15-12-14-19(5-2)6-3/h16H,4-15H2,1-3H3,(H,20,21). The van der Waals surface area contributed by atoms with Crippen LogP contribution in [0.5, 0.6) is 0 Å². The van der Waals surface area contributed by atoms with Crippen molar-refractivity contribution in [1.29, 1.82) is 0 Å². The van der Waals surface area contributed by atoms with E-state index >= 15 is 0 Å².